The molecule has 5 nitrogen and oxygen atoms in total. The molecular formula is C19H20N4OS. The second kappa shape index (κ2) is 8.48. The summed E-state index contributed by atoms with van der Waals surface area (Å²) in [7, 11) is 0. The first-order valence-electron chi connectivity index (χ1n) is 8.11. The van der Waals surface area contributed by atoms with E-state index in [0.717, 1.165) is 17.8 Å². The molecule has 1 heterocycles. The summed E-state index contributed by atoms with van der Waals surface area (Å²) in [5, 5.41) is 10.5. The van der Waals surface area contributed by atoms with E-state index in [1.54, 1.807) is 0 Å². The Bertz CT molecular complexity index is 805. The Kier molecular flexibility index (Phi) is 5.85. The highest BCUT2D eigenvalue weighted by molar-refractivity contribution is 7.99. The molecule has 0 aliphatic rings. The summed E-state index contributed by atoms with van der Waals surface area (Å²) < 4.78 is 0. The van der Waals surface area contributed by atoms with Gasteiger partial charge in [0.25, 0.3) is 0 Å². The van der Waals surface area contributed by atoms with Crippen molar-refractivity contribution >= 4 is 17.7 Å². The Balaban J connectivity index is 1.65. The third-order valence-corrected chi connectivity index (χ3v) is 4.58. The fraction of sp³-hybridized carbons (Fsp3) is 0.211. The molecule has 1 unspecified atom stereocenters. The standard InChI is InChI=1S/C19H20N4OS/c1-14-20-19(23-22-14)25-13-18(24)21-17(16-10-6-3-7-11-16)12-15-8-4-2-5-9-15/h2-11,17H,12-13H2,1H3,(H,21,24)(H,20,22,23). The Morgan fingerprint density at radius 1 is 1.12 bits per heavy atom. The number of rotatable bonds is 7. The number of carbonyl (C=O) groups is 1. The highest BCUT2D eigenvalue weighted by atomic mass is 32.2. The molecule has 6 heteroatoms. The van der Waals surface area contributed by atoms with Gasteiger partial charge in [-0.3, -0.25) is 9.89 Å². The number of amides is 1. The molecule has 1 amide bonds. The molecule has 128 valence electrons. The molecule has 3 aromatic rings. The first-order chi connectivity index (χ1) is 12.2. The molecule has 0 radical (unpaired) electrons. The van der Waals surface area contributed by atoms with Crippen molar-refractivity contribution in [1.82, 2.24) is 20.5 Å². The zero-order chi connectivity index (χ0) is 17.5. The molecule has 0 bridgehead atoms. The number of thioether (sulfide) groups is 1. The number of aromatic nitrogens is 3. The molecular weight excluding hydrogens is 332 g/mol. The van der Waals surface area contributed by atoms with Crippen molar-refractivity contribution in [3.63, 3.8) is 0 Å². The van der Waals surface area contributed by atoms with Crippen molar-refractivity contribution in [3.05, 3.63) is 77.6 Å². The quantitative estimate of drug-likeness (QED) is 0.640. The van der Waals surface area contributed by atoms with E-state index in [1.807, 2.05) is 55.5 Å². The first-order valence-corrected chi connectivity index (χ1v) is 9.09. The summed E-state index contributed by atoms with van der Waals surface area (Å²) in [5.41, 5.74) is 2.28. The summed E-state index contributed by atoms with van der Waals surface area (Å²) in [5.74, 6) is 1.00. The molecule has 25 heavy (non-hydrogen) atoms. The highest BCUT2D eigenvalue weighted by Crippen LogP contribution is 2.19. The lowest BCUT2D eigenvalue weighted by Crippen LogP contribution is -2.31. The Hall–Kier alpha value is -2.60. The van der Waals surface area contributed by atoms with E-state index in [-0.39, 0.29) is 17.7 Å². The SMILES string of the molecule is Cc1nc(SCC(=O)NC(Cc2ccccc2)c2ccccc2)n[nH]1. The zero-order valence-electron chi connectivity index (χ0n) is 14.0. The largest absolute Gasteiger partial charge is 0.348 e. The van der Waals surface area contributed by atoms with Crippen LogP contribution in [-0.2, 0) is 11.2 Å². The predicted octanol–water partition coefficient (Wildman–Crippen LogP) is 3.31. The molecule has 2 N–H and O–H groups in total. The van der Waals surface area contributed by atoms with E-state index in [9.17, 15) is 4.79 Å². The van der Waals surface area contributed by atoms with Crippen molar-refractivity contribution in [3.8, 4) is 0 Å². The maximum atomic E-state index is 12.4. The van der Waals surface area contributed by atoms with Crippen molar-refractivity contribution in [1.29, 1.82) is 0 Å². The first kappa shape index (κ1) is 17.2. The Morgan fingerprint density at radius 3 is 2.44 bits per heavy atom. The summed E-state index contributed by atoms with van der Waals surface area (Å²) in [6.07, 6.45) is 0.751. The minimum atomic E-state index is -0.0643. The Labute approximate surface area is 151 Å². The minimum Gasteiger partial charge on any atom is -0.348 e. The van der Waals surface area contributed by atoms with Crippen molar-refractivity contribution in [2.75, 3.05) is 5.75 Å². The second-order valence-electron chi connectivity index (χ2n) is 5.71. The average molecular weight is 352 g/mol. The summed E-state index contributed by atoms with van der Waals surface area (Å²) in [6.45, 7) is 1.84. The fourth-order valence-electron chi connectivity index (χ4n) is 2.54. The van der Waals surface area contributed by atoms with Crippen molar-refractivity contribution in [2.45, 2.75) is 24.5 Å². The molecule has 1 aromatic heterocycles. The van der Waals surface area contributed by atoms with Crippen LogP contribution in [0.15, 0.2) is 65.8 Å². The van der Waals surface area contributed by atoms with Gasteiger partial charge < -0.3 is 5.32 Å². The van der Waals surface area contributed by atoms with Crippen LogP contribution in [0.2, 0.25) is 0 Å². The van der Waals surface area contributed by atoms with Crippen LogP contribution in [0.3, 0.4) is 0 Å². The van der Waals surface area contributed by atoms with Gasteiger partial charge in [0.05, 0.1) is 11.8 Å². The topological polar surface area (TPSA) is 70.7 Å². The van der Waals surface area contributed by atoms with E-state index in [0.29, 0.717) is 5.16 Å². The molecule has 2 aromatic carbocycles. The van der Waals surface area contributed by atoms with E-state index in [4.69, 9.17) is 0 Å². The lowest BCUT2D eigenvalue weighted by molar-refractivity contribution is -0.119. The van der Waals surface area contributed by atoms with Crippen LogP contribution >= 0.6 is 11.8 Å². The molecule has 0 aliphatic heterocycles. The van der Waals surface area contributed by atoms with E-state index in [2.05, 4.69) is 32.6 Å². The van der Waals surface area contributed by atoms with Gasteiger partial charge >= 0.3 is 0 Å². The zero-order valence-corrected chi connectivity index (χ0v) is 14.8. The van der Waals surface area contributed by atoms with Gasteiger partial charge in [0, 0.05) is 0 Å². The second-order valence-corrected chi connectivity index (χ2v) is 6.66. The van der Waals surface area contributed by atoms with Gasteiger partial charge in [0.2, 0.25) is 11.1 Å². The normalized spacial score (nSPS) is 11.9. The molecule has 0 saturated heterocycles. The van der Waals surface area contributed by atoms with Gasteiger partial charge in [-0.05, 0) is 24.5 Å². The lowest BCUT2D eigenvalue weighted by Gasteiger charge is -2.19. The van der Waals surface area contributed by atoms with Crippen molar-refractivity contribution < 1.29 is 4.79 Å². The van der Waals surface area contributed by atoms with Crippen LogP contribution in [0.5, 0.6) is 0 Å². The number of benzene rings is 2. The number of nitrogens with one attached hydrogen (secondary N) is 2. The number of aromatic amines is 1. The van der Waals surface area contributed by atoms with Gasteiger partial charge in [0.1, 0.15) is 5.82 Å². The fourth-order valence-corrected chi connectivity index (χ4v) is 3.20. The number of hydrogen-bond acceptors (Lipinski definition) is 4. The molecule has 0 fully saturated rings. The number of aryl methyl sites for hydroxylation is 1. The Morgan fingerprint density at radius 2 is 1.80 bits per heavy atom. The van der Waals surface area contributed by atoms with Crippen LogP contribution in [0.4, 0.5) is 0 Å². The number of nitrogens with zero attached hydrogens (tertiary/aromatic N) is 2. The van der Waals surface area contributed by atoms with Crippen LogP contribution < -0.4 is 5.32 Å². The van der Waals surface area contributed by atoms with E-state index >= 15 is 0 Å². The number of H-pyrrole nitrogens is 1. The summed E-state index contributed by atoms with van der Waals surface area (Å²) in [4.78, 5) is 16.6. The van der Waals surface area contributed by atoms with E-state index < -0.39 is 0 Å². The van der Waals surface area contributed by atoms with E-state index in [1.165, 1.54) is 17.3 Å². The highest BCUT2D eigenvalue weighted by Gasteiger charge is 2.16. The smallest absolute Gasteiger partial charge is 0.230 e. The van der Waals surface area contributed by atoms with Crippen LogP contribution in [0.25, 0.3) is 0 Å². The maximum Gasteiger partial charge on any atom is 0.230 e. The maximum absolute atomic E-state index is 12.4. The molecule has 1 atom stereocenters. The molecule has 0 aliphatic carbocycles. The molecule has 0 saturated carbocycles. The number of carbonyl (C=O) groups excluding carboxylic acids is 1. The minimum absolute atomic E-state index is 0.0303. The van der Waals surface area contributed by atoms with Gasteiger partial charge in [-0.2, -0.15) is 0 Å². The van der Waals surface area contributed by atoms with Crippen molar-refractivity contribution in [2.24, 2.45) is 0 Å². The molecule has 0 spiro atoms. The number of hydrogen-bond donors (Lipinski definition) is 2. The molecule has 3 rings (SSSR count). The van der Waals surface area contributed by atoms with Crippen LogP contribution in [0, 0.1) is 6.92 Å². The van der Waals surface area contributed by atoms with Gasteiger partial charge in [-0.1, -0.05) is 72.4 Å². The third-order valence-electron chi connectivity index (χ3n) is 3.73. The lowest BCUT2D eigenvalue weighted by atomic mass is 9.99. The summed E-state index contributed by atoms with van der Waals surface area (Å²) >= 11 is 1.33. The van der Waals surface area contributed by atoms with Gasteiger partial charge in [0.15, 0.2) is 0 Å². The third kappa shape index (κ3) is 5.19. The summed E-state index contributed by atoms with van der Waals surface area (Å²) in [6, 6.07) is 20.2. The average Bonchev–Trinajstić information content (AvgIpc) is 3.06. The predicted molar refractivity (Wildman–Crippen MR) is 99.3 cm³/mol. The van der Waals surface area contributed by atoms with Crippen LogP contribution in [0.1, 0.15) is 23.0 Å². The van der Waals surface area contributed by atoms with Gasteiger partial charge in [-0.15, -0.1) is 5.10 Å². The van der Waals surface area contributed by atoms with Gasteiger partial charge in [-0.25, -0.2) is 4.98 Å². The monoisotopic (exact) mass is 352 g/mol. The van der Waals surface area contributed by atoms with Crippen LogP contribution in [-0.4, -0.2) is 26.8 Å².